The van der Waals surface area contributed by atoms with Crippen LogP contribution in [0.5, 0.6) is 0 Å². The lowest BCUT2D eigenvalue weighted by Gasteiger charge is -2.15. The first-order valence-corrected chi connectivity index (χ1v) is 9.18. The predicted octanol–water partition coefficient (Wildman–Crippen LogP) is 2.72. The maximum Gasteiger partial charge on any atom is 0.306 e. The number of aliphatic carboxylic acids is 1. The van der Waals surface area contributed by atoms with Gasteiger partial charge < -0.3 is 15.0 Å². The van der Waals surface area contributed by atoms with Crippen molar-refractivity contribution in [2.45, 2.75) is 45.1 Å². The Labute approximate surface area is 151 Å². The minimum Gasteiger partial charge on any atom is -0.481 e. The Morgan fingerprint density at radius 3 is 2.58 bits per heavy atom. The van der Waals surface area contributed by atoms with Gasteiger partial charge in [-0.15, -0.1) is 10.2 Å². The molecule has 136 valence electrons. The second-order valence-corrected chi connectivity index (χ2v) is 7.16. The lowest BCUT2D eigenvalue weighted by Crippen LogP contribution is -2.21. The van der Waals surface area contributed by atoms with Crippen LogP contribution in [-0.2, 0) is 22.6 Å². The molecular weight excluding hydrogens is 332 g/mol. The number of amides is 1. The van der Waals surface area contributed by atoms with E-state index in [1.165, 1.54) is 0 Å². The molecule has 26 heavy (non-hydrogen) atoms. The van der Waals surface area contributed by atoms with E-state index in [-0.39, 0.29) is 11.8 Å². The van der Waals surface area contributed by atoms with Crippen molar-refractivity contribution in [3.05, 3.63) is 30.1 Å². The van der Waals surface area contributed by atoms with Crippen molar-refractivity contribution in [3.63, 3.8) is 0 Å². The molecule has 1 aromatic heterocycles. The molecule has 0 unspecified atom stereocenters. The Balaban J connectivity index is 1.43. The van der Waals surface area contributed by atoms with E-state index in [0.29, 0.717) is 19.3 Å². The summed E-state index contributed by atoms with van der Waals surface area (Å²) in [5.41, 5.74) is 1.70. The minimum atomic E-state index is -0.804. The summed E-state index contributed by atoms with van der Waals surface area (Å²) < 4.78 is 2.17. The van der Waals surface area contributed by atoms with E-state index in [0.717, 1.165) is 48.7 Å². The smallest absolute Gasteiger partial charge is 0.306 e. The van der Waals surface area contributed by atoms with E-state index in [2.05, 4.69) is 20.1 Å². The standard InChI is InChI=1S/C19H22N4O3/c24-18(13-4-5-14(11-13)19(25)26)20-15-8-6-12(7-9-15)17-22-21-16-3-1-2-10-23(16)17/h6-9,13-14H,1-5,10-11H2,(H,20,24)(H,25,26)/t13-,14+/m0/s1. The zero-order valence-electron chi connectivity index (χ0n) is 14.5. The molecule has 1 aromatic carbocycles. The summed E-state index contributed by atoms with van der Waals surface area (Å²) >= 11 is 0. The van der Waals surface area contributed by atoms with E-state index >= 15 is 0 Å². The fraction of sp³-hybridized carbons (Fsp3) is 0.474. The molecule has 0 saturated heterocycles. The van der Waals surface area contributed by atoms with Gasteiger partial charge in [0.2, 0.25) is 5.91 Å². The number of carboxylic acids is 1. The molecule has 0 radical (unpaired) electrons. The highest BCUT2D eigenvalue weighted by Gasteiger charge is 2.33. The fourth-order valence-corrected chi connectivity index (χ4v) is 3.91. The van der Waals surface area contributed by atoms with E-state index < -0.39 is 11.9 Å². The van der Waals surface area contributed by atoms with Gasteiger partial charge in [-0.25, -0.2) is 0 Å². The Kier molecular flexibility index (Phi) is 4.44. The van der Waals surface area contributed by atoms with Crippen molar-refractivity contribution in [2.24, 2.45) is 11.8 Å². The first-order valence-electron chi connectivity index (χ1n) is 9.18. The zero-order valence-corrected chi connectivity index (χ0v) is 14.5. The van der Waals surface area contributed by atoms with Gasteiger partial charge in [-0.3, -0.25) is 9.59 Å². The summed E-state index contributed by atoms with van der Waals surface area (Å²) in [6.07, 6.45) is 4.90. The van der Waals surface area contributed by atoms with Gasteiger partial charge in [-0.1, -0.05) is 0 Å². The van der Waals surface area contributed by atoms with Crippen LogP contribution in [0, 0.1) is 11.8 Å². The van der Waals surface area contributed by atoms with Crippen molar-refractivity contribution in [1.82, 2.24) is 14.8 Å². The maximum absolute atomic E-state index is 12.4. The predicted molar refractivity (Wildman–Crippen MR) is 95.5 cm³/mol. The summed E-state index contributed by atoms with van der Waals surface area (Å²) in [6, 6.07) is 7.61. The highest BCUT2D eigenvalue weighted by molar-refractivity contribution is 5.93. The number of carbonyl (C=O) groups excluding carboxylic acids is 1. The zero-order chi connectivity index (χ0) is 18.1. The molecule has 2 aromatic rings. The van der Waals surface area contributed by atoms with Crippen molar-refractivity contribution < 1.29 is 14.7 Å². The Bertz CT molecular complexity index is 828. The normalized spacial score (nSPS) is 22.0. The van der Waals surface area contributed by atoms with Crippen LogP contribution in [0.4, 0.5) is 5.69 Å². The van der Waals surface area contributed by atoms with Gasteiger partial charge in [0.1, 0.15) is 5.82 Å². The van der Waals surface area contributed by atoms with Crippen molar-refractivity contribution >= 4 is 17.6 Å². The molecule has 0 bridgehead atoms. The molecule has 1 aliphatic heterocycles. The van der Waals surface area contributed by atoms with E-state index in [1.54, 1.807) is 0 Å². The van der Waals surface area contributed by atoms with Crippen LogP contribution in [0.25, 0.3) is 11.4 Å². The molecule has 1 amide bonds. The summed E-state index contributed by atoms with van der Waals surface area (Å²) in [4.78, 5) is 23.4. The molecule has 1 aliphatic carbocycles. The average molecular weight is 354 g/mol. The van der Waals surface area contributed by atoms with Gasteiger partial charge in [0.15, 0.2) is 5.82 Å². The van der Waals surface area contributed by atoms with Crippen LogP contribution in [0.3, 0.4) is 0 Å². The molecule has 1 fully saturated rings. The average Bonchev–Trinajstić information content (AvgIpc) is 3.30. The van der Waals surface area contributed by atoms with Crippen LogP contribution in [0.1, 0.15) is 37.9 Å². The Morgan fingerprint density at radius 2 is 1.85 bits per heavy atom. The number of rotatable bonds is 4. The molecule has 2 N–H and O–H groups in total. The molecule has 7 heteroatoms. The third-order valence-corrected chi connectivity index (χ3v) is 5.42. The number of aryl methyl sites for hydroxylation is 1. The summed E-state index contributed by atoms with van der Waals surface area (Å²) in [7, 11) is 0. The maximum atomic E-state index is 12.4. The second kappa shape index (κ2) is 6.90. The Hall–Kier alpha value is -2.70. The van der Waals surface area contributed by atoms with E-state index in [9.17, 15) is 9.59 Å². The lowest BCUT2D eigenvalue weighted by atomic mass is 10.0. The summed E-state index contributed by atoms with van der Waals surface area (Å²) in [5.74, 6) is 0.393. The molecule has 1 saturated carbocycles. The molecule has 2 atom stereocenters. The van der Waals surface area contributed by atoms with Crippen molar-refractivity contribution in [3.8, 4) is 11.4 Å². The highest BCUT2D eigenvalue weighted by atomic mass is 16.4. The third kappa shape index (κ3) is 3.21. The number of nitrogens with zero attached hydrogens (tertiary/aromatic N) is 3. The number of carbonyl (C=O) groups is 2. The highest BCUT2D eigenvalue weighted by Crippen LogP contribution is 2.32. The lowest BCUT2D eigenvalue weighted by molar-refractivity contribution is -0.141. The number of nitrogens with one attached hydrogen (secondary N) is 1. The molecule has 2 heterocycles. The fourth-order valence-electron chi connectivity index (χ4n) is 3.91. The molecule has 7 nitrogen and oxygen atoms in total. The largest absolute Gasteiger partial charge is 0.481 e. The number of carboxylic acid groups (broad SMARTS) is 1. The second-order valence-electron chi connectivity index (χ2n) is 7.16. The van der Waals surface area contributed by atoms with Crippen molar-refractivity contribution in [1.29, 1.82) is 0 Å². The monoisotopic (exact) mass is 354 g/mol. The number of anilines is 1. The summed E-state index contributed by atoms with van der Waals surface area (Å²) in [6.45, 7) is 0.947. The first-order chi connectivity index (χ1) is 12.6. The van der Waals surface area contributed by atoms with Crippen LogP contribution >= 0.6 is 0 Å². The van der Waals surface area contributed by atoms with Crippen molar-refractivity contribution in [2.75, 3.05) is 5.32 Å². The minimum absolute atomic E-state index is 0.0960. The summed E-state index contributed by atoms with van der Waals surface area (Å²) in [5, 5.41) is 20.6. The molecular formula is C19H22N4O3. The quantitative estimate of drug-likeness (QED) is 0.880. The number of aromatic nitrogens is 3. The van der Waals surface area contributed by atoms with Crippen LogP contribution in [0.15, 0.2) is 24.3 Å². The number of benzene rings is 1. The van der Waals surface area contributed by atoms with Gasteiger partial charge in [-0.2, -0.15) is 0 Å². The Morgan fingerprint density at radius 1 is 1.08 bits per heavy atom. The van der Waals surface area contributed by atoms with E-state index in [1.807, 2.05) is 24.3 Å². The number of fused-ring (bicyclic) bond motifs is 1. The van der Waals surface area contributed by atoms with Gasteiger partial charge in [0.05, 0.1) is 5.92 Å². The molecule has 0 spiro atoms. The molecule has 4 rings (SSSR count). The SMILES string of the molecule is O=C(O)[C@@H]1CC[C@H](C(=O)Nc2ccc(-c3nnc4n3CCCC4)cc2)C1. The van der Waals surface area contributed by atoms with Gasteiger partial charge >= 0.3 is 5.97 Å². The third-order valence-electron chi connectivity index (χ3n) is 5.42. The van der Waals surface area contributed by atoms with Crippen LogP contribution in [-0.4, -0.2) is 31.7 Å². The van der Waals surface area contributed by atoms with Gasteiger partial charge in [0, 0.05) is 30.1 Å². The number of hydrogen-bond donors (Lipinski definition) is 2. The van der Waals surface area contributed by atoms with Crippen LogP contribution in [0.2, 0.25) is 0 Å². The first kappa shape index (κ1) is 16.8. The number of hydrogen-bond acceptors (Lipinski definition) is 4. The van der Waals surface area contributed by atoms with Crippen LogP contribution < -0.4 is 5.32 Å². The molecule has 2 aliphatic rings. The van der Waals surface area contributed by atoms with Gasteiger partial charge in [-0.05, 0) is 56.4 Å². The topological polar surface area (TPSA) is 97.1 Å². The van der Waals surface area contributed by atoms with Gasteiger partial charge in [0.25, 0.3) is 0 Å². The van der Waals surface area contributed by atoms with E-state index in [4.69, 9.17) is 5.11 Å².